The van der Waals surface area contributed by atoms with Gasteiger partial charge in [-0.2, -0.15) is 0 Å². The lowest BCUT2D eigenvalue weighted by atomic mass is 10.1. The Labute approximate surface area is 162 Å². The highest BCUT2D eigenvalue weighted by Crippen LogP contribution is 2.31. The van der Waals surface area contributed by atoms with Crippen molar-refractivity contribution in [2.45, 2.75) is 13.5 Å². The highest BCUT2D eigenvalue weighted by atomic mass is 32.1. The van der Waals surface area contributed by atoms with Crippen molar-refractivity contribution < 1.29 is 14.3 Å². The Balaban J connectivity index is 1.91. The van der Waals surface area contributed by atoms with E-state index in [0.29, 0.717) is 22.8 Å². The molecule has 0 saturated carbocycles. The average Bonchev–Trinajstić information content (AvgIpc) is 3.18. The molecule has 0 bridgehead atoms. The predicted molar refractivity (Wildman–Crippen MR) is 105 cm³/mol. The number of pyridine rings is 2. The molecule has 140 valence electrons. The minimum Gasteiger partial charge on any atom is -0.477 e. The van der Waals surface area contributed by atoms with E-state index in [1.54, 1.807) is 34.5 Å². The number of aryl methyl sites for hydroxylation is 1. The van der Waals surface area contributed by atoms with Crippen LogP contribution in [-0.2, 0) is 6.54 Å². The average molecular weight is 395 g/mol. The third-order valence-corrected chi connectivity index (χ3v) is 5.32. The van der Waals surface area contributed by atoms with Crippen LogP contribution in [0.2, 0.25) is 0 Å². The quantitative estimate of drug-likeness (QED) is 0.564. The molecule has 0 amide bonds. The van der Waals surface area contributed by atoms with Crippen molar-refractivity contribution in [3.63, 3.8) is 0 Å². The van der Waals surface area contributed by atoms with E-state index in [0.717, 1.165) is 11.6 Å². The second kappa shape index (κ2) is 6.97. The van der Waals surface area contributed by atoms with Gasteiger partial charge in [0.05, 0.1) is 11.2 Å². The minimum atomic E-state index is -1.33. The summed E-state index contributed by atoms with van der Waals surface area (Å²) in [6, 6.07) is 6.31. The van der Waals surface area contributed by atoms with Crippen molar-refractivity contribution >= 4 is 28.2 Å². The summed E-state index contributed by atoms with van der Waals surface area (Å²) in [7, 11) is 0. The van der Waals surface area contributed by atoms with Crippen molar-refractivity contribution in [1.29, 1.82) is 0 Å². The summed E-state index contributed by atoms with van der Waals surface area (Å²) < 4.78 is 16.4. The molecule has 6 nitrogen and oxygen atoms in total. The van der Waals surface area contributed by atoms with E-state index < -0.39 is 17.2 Å². The second-order valence-electron chi connectivity index (χ2n) is 6.09. The van der Waals surface area contributed by atoms with Gasteiger partial charge in [-0.15, -0.1) is 11.3 Å². The number of carboxylic acid groups (broad SMARTS) is 1. The van der Waals surface area contributed by atoms with Gasteiger partial charge in [0.2, 0.25) is 5.43 Å². The Kier molecular flexibility index (Phi) is 4.48. The molecule has 0 aliphatic carbocycles. The lowest BCUT2D eigenvalue weighted by molar-refractivity contribution is 0.0695. The number of benzene rings is 1. The standard InChI is InChI=1S/C20H14FN3O3S/c1-2-24-9-14(20(26)27)18(25)13-6-15(21)12(7-17(13)24)16-10-28-19(23-16)11-4-3-5-22-8-11/h3-10H,2H2,1H3,(H,26,27). The van der Waals surface area contributed by atoms with Gasteiger partial charge in [0.25, 0.3) is 0 Å². The van der Waals surface area contributed by atoms with E-state index in [-0.39, 0.29) is 16.5 Å². The number of fused-ring (bicyclic) bond motifs is 1. The Hall–Kier alpha value is -3.39. The number of halogens is 1. The molecule has 0 unspecified atom stereocenters. The highest BCUT2D eigenvalue weighted by Gasteiger charge is 2.18. The fourth-order valence-corrected chi connectivity index (χ4v) is 3.85. The van der Waals surface area contributed by atoms with E-state index >= 15 is 0 Å². The summed E-state index contributed by atoms with van der Waals surface area (Å²) in [4.78, 5) is 32.3. The number of nitrogens with zero attached hydrogens (tertiary/aromatic N) is 3. The molecule has 4 aromatic rings. The molecule has 0 spiro atoms. The molecule has 3 heterocycles. The largest absolute Gasteiger partial charge is 0.477 e. The van der Waals surface area contributed by atoms with Crippen molar-refractivity contribution in [3.8, 4) is 21.8 Å². The Bertz CT molecular complexity index is 1270. The lowest BCUT2D eigenvalue weighted by Crippen LogP contribution is -2.19. The Morgan fingerprint density at radius 3 is 2.86 bits per heavy atom. The number of hydrogen-bond donors (Lipinski definition) is 1. The zero-order valence-corrected chi connectivity index (χ0v) is 15.5. The summed E-state index contributed by atoms with van der Waals surface area (Å²) in [5, 5.41) is 11.7. The molecule has 28 heavy (non-hydrogen) atoms. The maximum atomic E-state index is 14.8. The van der Waals surface area contributed by atoms with Crippen LogP contribution in [0.1, 0.15) is 17.3 Å². The van der Waals surface area contributed by atoms with Crippen molar-refractivity contribution in [3.05, 3.63) is 69.8 Å². The molecule has 0 radical (unpaired) electrons. The maximum absolute atomic E-state index is 14.8. The topological polar surface area (TPSA) is 85.1 Å². The van der Waals surface area contributed by atoms with Gasteiger partial charge >= 0.3 is 5.97 Å². The number of carbonyl (C=O) groups is 1. The van der Waals surface area contributed by atoms with Crippen LogP contribution < -0.4 is 5.43 Å². The lowest BCUT2D eigenvalue weighted by Gasteiger charge is -2.12. The first-order chi connectivity index (χ1) is 13.5. The van der Waals surface area contributed by atoms with Gasteiger partial charge in [-0.05, 0) is 31.2 Å². The zero-order chi connectivity index (χ0) is 19.8. The molecule has 0 saturated heterocycles. The third kappa shape index (κ3) is 2.97. The van der Waals surface area contributed by atoms with Gasteiger partial charge in [0.1, 0.15) is 16.4 Å². The Morgan fingerprint density at radius 1 is 1.36 bits per heavy atom. The number of rotatable bonds is 4. The van der Waals surface area contributed by atoms with Crippen LogP contribution in [0.5, 0.6) is 0 Å². The van der Waals surface area contributed by atoms with Crippen LogP contribution in [-0.4, -0.2) is 25.6 Å². The van der Waals surface area contributed by atoms with Crippen LogP contribution in [0.3, 0.4) is 0 Å². The van der Waals surface area contributed by atoms with E-state index in [1.807, 2.05) is 13.0 Å². The van der Waals surface area contributed by atoms with E-state index in [4.69, 9.17) is 0 Å². The number of aromatic carboxylic acids is 1. The highest BCUT2D eigenvalue weighted by molar-refractivity contribution is 7.13. The monoisotopic (exact) mass is 395 g/mol. The Morgan fingerprint density at radius 2 is 2.18 bits per heavy atom. The zero-order valence-electron chi connectivity index (χ0n) is 14.7. The van der Waals surface area contributed by atoms with E-state index in [9.17, 15) is 19.1 Å². The second-order valence-corrected chi connectivity index (χ2v) is 6.95. The van der Waals surface area contributed by atoms with Gasteiger partial charge in [-0.1, -0.05) is 0 Å². The van der Waals surface area contributed by atoms with Gasteiger partial charge in [0, 0.05) is 47.0 Å². The van der Waals surface area contributed by atoms with Gasteiger partial charge in [-0.3, -0.25) is 9.78 Å². The summed E-state index contributed by atoms with van der Waals surface area (Å²) in [5.41, 5.74) is 0.909. The van der Waals surface area contributed by atoms with Crippen LogP contribution in [0.4, 0.5) is 4.39 Å². The summed E-state index contributed by atoms with van der Waals surface area (Å²) in [6.07, 6.45) is 4.63. The van der Waals surface area contributed by atoms with Crippen LogP contribution in [0, 0.1) is 5.82 Å². The van der Waals surface area contributed by atoms with E-state index in [2.05, 4.69) is 9.97 Å². The third-order valence-electron chi connectivity index (χ3n) is 4.43. The van der Waals surface area contributed by atoms with Crippen LogP contribution in [0.25, 0.3) is 32.7 Å². The fraction of sp³-hybridized carbons (Fsp3) is 0.100. The first-order valence-corrected chi connectivity index (χ1v) is 9.34. The van der Waals surface area contributed by atoms with Crippen molar-refractivity contribution in [2.24, 2.45) is 0 Å². The van der Waals surface area contributed by atoms with Crippen LogP contribution in [0.15, 0.2) is 53.0 Å². The van der Waals surface area contributed by atoms with Gasteiger partial charge in [-0.25, -0.2) is 14.2 Å². The molecule has 0 aliphatic heterocycles. The fourth-order valence-electron chi connectivity index (χ4n) is 3.04. The maximum Gasteiger partial charge on any atom is 0.341 e. The molecular weight excluding hydrogens is 381 g/mol. The SMILES string of the molecule is CCn1cc(C(=O)O)c(=O)c2cc(F)c(-c3csc(-c4cccnc4)n3)cc21. The molecule has 0 atom stereocenters. The molecule has 4 rings (SSSR count). The number of hydrogen-bond acceptors (Lipinski definition) is 5. The minimum absolute atomic E-state index is 0.0331. The van der Waals surface area contributed by atoms with E-state index in [1.165, 1.54) is 17.5 Å². The molecule has 0 aliphatic rings. The molecule has 3 aromatic heterocycles. The first kappa shape index (κ1) is 18.0. The summed E-state index contributed by atoms with van der Waals surface area (Å²) in [5.74, 6) is -1.96. The molecular formula is C20H14FN3O3S. The summed E-state index contributed by atoms with van der Waals surface area (Å²) in [6.45, 7) is 2.25. The summed E-state index contributed by atoms with van der Waals surface area (Å²) >= 11 is 1.37. The molecule has 1 aromatic carbocycles. The van der Waals surface area contributed by atoms with Gasteiger partial charge < -0.3 is 9.67 Å². The molecule has 0 fully saturated rings. The normalized spacial score (nSPS) is 11.1. The first-order valence-electron chi connectivity index (χ1n) is 8.46. The van der Waals surface area contributed by atoms with Crippen molar-refractivity contribution in [2.75, 3.05) is 0 Å². The van der Waals surface area contributed by atoms with Crippen molar-refractivity contribution in [1.82, 2.24) is 14.5 Å². The number of thiazole rings is 1. The smallest absolute Gasteiger partial charge is 0.341 e. The number of aromatic nitrogens is 3. The molecule has 8 heteroatoms. The van der Waals surface area contributed by atoms with Gasteiger partial charge in [0.15, 0.2) is 0 Å². The van der Waals surface area contributed by atoms with Crippen LogP contribution >= 0.6 is 11.3 Å². The molecule has 1 N–H and O–H groups in total. The predicted octanol–water partition coefficient (Wildman–Crippen LogP) is 4.04. The number of carboxylic acids is 1.